The number of hydrogen-bond acceptors (Lipinski definition) is 5. The molecule has 174 valence electrons. The Balaban J connectivity index is 1.78. The predicted molar refractivity (Wildman–Crippen MR) is 134 cm³/mol. The number of nitrogen functional groups attached to an aromatic ring is 1. The molecule has 0 bridgehead atoms. The summed E-state index contributed by atoms with van der Waals surface area (Å²) in [6, 6.07) is 5.82. The van der Waals surface area contributed by atoms with Gasteiger partial charge in [-0.15, -0.1) is 0 Å². The zero-order valence-electron chi connectivity index (χ0n) is 20.4. The molecule has 1 aromatic carbocycles. The van der Waals surface area contributed by atoms with Crippen molar-refractivity contribution in [1.82, 2.24) is 19.1 Å². The van der Waals surface area contributed by atoms with E-state index < -0.39 is 8.32 Å². The van der Waals surface area contributed by atoms with E-state index in [1.165, 1.54) is 10.9 Å². The molecule has 32 heavy (non-hydrogen) atoms. The Morgan fingerprint density at radius 3 is 2.38 bits per heavy atom. The zero-order chi connectivity index (χ0) is 23.6. The van der Waals surface area contributed by atoms with Crippen LogP contribution in [-0.2, 0) is 18.0 Å². The van der Waals surface area contributed by atoms with E-state index in [-0.39, 0.29) is 5.56 Å². The van der Waals surface area contributed by atoms with E-state index in [1.54, 1.807) is 13.2 Å². The number of anilines is 1. The van der Waals surface area contributed by atoms with Crippen LogP contribution in [0.5, 0.6) is 0 Å². The predicted octanol–water partition coefficient (Wildman–Crippen LogP) is 4.96. The zero-order valence-corrected chi connectivity index (χ0v) is 21.4. The highest BCUT2D eigenvalue weighted by Crippen LogP contribution is 2.42. The highest BCUT2D eigenvalue weighted by atomic mass is 28.4. The van der Waals surface area contributed by atoms with Crippen LogP contribution < -0.4 is 11.3 Å². The van der Waals surface area contributed by atoms with Gasteiger partial charge in [0.1, 0.15) is 0 Å². The number of aromatic nitrogens is 4. The van der Waals surface area contributed by atoms with Crippen LogP contribution in [0.25, 0.3) is 22.2 Å². The lowest BCUT2D eigenvalue weighted by atomic mass is 10.1. The topological polar surface area (TPSA) is 88.0 Å². The third kappa shape index (κ3) is 4.38. The van der Waals surface area contributed by atoms with E-state index >= 15 is 0 Å². The van der Waals surface area contributed by atoms with Crippen LogP contribution in [0.15, 0.2) is 35.5 Å². The van der Waals surface area contributed by atoms with Crippen molar-refractivity contribution in [2.24, 2.45) is 7.05 Å². The van der Waals surface area contributed by atoms with E-state index in [1.807, 2.05) is 22.8 Å². The van der Waals surface area contributed by atoms with E-state index in [4.69, 9.17) is 10.2 Å². The molecule has 0 amide bonds. The fraction of sp³-hybridized carbons (Fsp3) is 0.542. The Morgan fingerprint density at radius 1 is 1.09 bits per heavy atom. The molecule has 0 spiro atoms. The van der Waals surface area contributed by atoms with Crippen molar-refractivity contribution in [3.8, 4) is 11.1 Å². The number of rotatable bonds is 9. The number of nitrogens with zero attached hydrogens (tertiary/aromatic N) is 4. The number of nitrogens with two attached hydrogens (primary N) is 1. The molecule has 2 heterocycles. The maximum Gasteiger partial charge on any atom is 0.260 e. The highest BCUT2D eigenvalue weighted by molar-refractivity contribution is 6.77. The Bertz CT molecular complexity index is 1110. The first kappa shape index (κ1) is 24.2. The van der Waals surface area contributed by atoms with Crippen LogP contribution in [0.4, 0.5) is 5.95 Å². The molecular formula is C24H37N5O2Si. The molecule has 0 unspecified atom stereocenters. The van der Waals surface area contributed by atoms with Crippen LogP contribution in [0.3, 0.4) is 0 Å². The summed E-state index contributed by atoms with van der Waals surface area (Å²) in [6.45, 7) is 15.3. The number of imidazole rings is 1. The lowest BCUT2D eigenvalue weighted by molar-refractivity contribution is 0.266. The summed E-state index contributed by atoms with van der Waals surface area (Å²) in [7, 11) is -0.170. The summed E-state index contributed by atoms with van der Waals surface area (Å²) in [5.74, 6) is 0.483. The number of fused-ring (bicyclic) bond motifs is 1. The molecule has 0 aliphatic rings. The van der Waals surface area contributed by atoms with Crippen LogP contribution in [0.2, 0.25) is 16.6 Å². The Hall–Kier alpha value is -2.45. The van der Waals surface area contributed by atoms with Gasteiger partial charge in [-0.2, -0.15) is 0 Å². The summed E-state index contributed by atoms with van der Waals surface area (Å²) in [5, 5.41) is 0. The SMILES string of the molecule is CC(C)[Si](OCCCn1c(N)nc2cc(-c3cncn(C)c3=O)ccc21)(C(C)C)C(C)C. The summed E-state index contributed by atoms with van der Waals surface area (Å²) < 4.78 is 10.2. The summed E-state index contributed by atoms with van der Waals surface area (Å²) >= 11 is 0. The molecule has 0 aliphatic heterocycles. The minimum absolute atomic E-state index is 0.0861. The van der Waals surface area contributed by atoms with Crippen LogP contribution >= 0.6 is 0 Å². The molecule has 0 radical (unpaired) electrons. The quantitative estimate of drug-likeness (QED) is 0.364. The van der Waals surface area contributed by atoms with Gasteiger partial charge in [-0.05, 0) is 40.7 Å². The lowest BCUT2D eigenvalue weighted by Crippen LogP contribution is -2.48. The first-order chi connectivity index (χ1) is 15.1. The van der Waals surface area contributed by atoms with Crippen LogP contribution in [-0.4, -0.2) is 34.0 Å². The van der Waals surface area contributed by atoms with Crippen LogP contribution in [0.1, 0.15) is 48.0 Å². The van der Waals surface area contributed by atoms with Crippen molar-refractivity contribution in [2.75, 3.05) is 12.3 Å². The average molecular weight is 456 g/mol. The molecule has 7 nitrogen and oxygen atoms in total. The van der Waals surface area contributed by atoms with E-state index in [0.717, 1.165) is 36.2 Å². The van der Waals surface area contributed by atoms with Gasteiger partial charge in [0.2, 0.25) is 5.95 Å². The monoisotopic (exact) mass is 455 g/mol. The second-order valence-electron chi connectivity index (χ2n) is 9.57. The Morgan fingerprint density at radius 2 is 1.75 bits per heavy atom. The molecule has 0 atom stereocenters. The van der Waals surface area contributed by atoms with Crippen molar-refractivity contribution in [3.63, 3.8) is 0 Å². The number of benzene rings is 1. The fourth-order valence-electron chi connectivity index (χ4n) is 5.23. The number of aryl methyl sites for hydroxylation is 2. The van der Waals surface area contributed by atoms with Gasteiger partial charge in [0.15, 0.2) is 8.32 Å². The van der Waals surface area contributed by atoms with E-state index in [9.17, 15) is 4.79 Å². The molecule has 0 fully saturated rings. The maximum absolute atomic E-state index is 12.4. The largest absolute Gasteiger partial charge is 0.416 e. The van der Waals surface area contributed by atoms with Crippen molar-refractivity contribution in [2.45, 2.75) is 71.1 Å². The summed E-state index contributed by atoms with van der Waals surface area (Å²) in [6.07, 6.45) is 3.98. The Kier molecular flexibility index (Phi) is 7.24. The molecule has 8 heteroatoms. The fourth-order valence-corrected chi connectivity index (χ4v) is 10.7. The van der Waals surface area contributed by atoms with Gasteiger partial charge in [0.05, 0.1) is 22.9 Å². The van der Waals surface area contributed by atoms with Crippen LogP contribution in [0, 0.1) is 0 Å². The first-order valence-electron chi connectivity index (χ1n) is 11.5. The van der Waals surface area contributed by atoms with E-state index in [0.29, 0.717) is 28.1 Å². The van der Waals surface area contributed by atoms with Gasteiger partial charge in [0, 0.05) is 26.4 Å². The van der Waals surface area contributed by atoms with Gasteiger partial charge in [0.25, 0.3) is 5.56 Å². The average Bonchev–Trinajstić information content (AvgIpc) is 3.03. The second kappa shape index (κ2) is 9.58. The van der Waals surface area contributed by atoms with Gasteiger partial charge < -0.3 is 19.3 Å². The maximum atomic E-state index is 12.4. The van der Waals surface area contributed by atoms with E-state index in [2.05, 4.69) is 51.5 Å². The molecule has 2 N–H and O–H groups in total. The smallest absolute Gasteiger partial charge is 0.260 e. The third-order valence-electron chi connectivity index (χ3n) is 6.67. The minimum atomic E-state index is -1.87. The first-order valence-corrected chi connectivity index (χ1v) is 13.6. The van der Waals surface area contributed by atoms with Crippen molar-refractivity contribution < 1.29 is 4.43 Å². The van der Waals surface area contributed by atoms with Crippen molar-refractivity contribution >= 4 is 25.3 Å². The van der Waals surface area contributed by atoms with Gasteiger partial charge >= 0.3 is 0 Å². The third-order valence-corrected chi connectivity index (χ3v) is 12.8. The van der Waals surface area contributed by atoms with Crippen molar-refractivity contribution in [1.29, 1.82) is 0 Å². The molecule has 3 aromatic rings. The molecule has 3 rings (SSSR count). The molecule has 0 aliphatic carbocycles. The Labute approximate surface area is 191 Å². The van der Waals surface area contributed by atoms with Gasteiger partial charge in [-0.3, -0.25) is 4.79 Å². The standard InChI is InChI=1S/C24H37N5O2Si/c1-16(2)32(17(3)4,18(5)6)31-12-8-11-29-22-10-9-19(13-21(22)27-24(29)25)20-14-26-15-28(7)23(20)30/h9-10,13-18H,8,11-12H2,1-7H3,(H2,25,27). The molecule has 0 saturated carbocycles. The normalized spacial score (nSPS) is 12.6. The second-order valence-corrected chi connectivity index (χ2v) is 15.0. The minimum Gasteiger partial charge on any atom is -0.416 e. The molecular weight excluding hydrogens is 418 g/mol. The van der Waals surface area contributed by atoms with Gasteiger partial charge in [-0.25, -0.2) is 9.97 Å². The molecule has 2 aromatic heterocycles. The van der Waals surface area contributed by atoms with Crippen molar-refractivity contribution in [3.05, 3.63) is 41.1 Å². The van der Waals surface area contributed by atoms with Gasteiger partial charge in [-0.1, -0.05) is 47.6 Å². The number of hydrogen-bond donors (Lipinski definition) is 1. The highest BCUT2D eigenvalue weighted by Gasteiger charge is 2.44. The lowest BCUT2D eigenvalue weighted by Gasteiger charge is -2.42. The summed E-state index contributed by atoms with van der Waals surface area (Å²) in [4.78, 5) is 21.1. The molecule has 0 saturated heterocycles. The summed E-state index contributed by atoms with van der Waals surface area (Å²) in [5.41, 5.74) is 11.0.